The van der Waals surface area contributed by atoms with Crippen LogP contribution < -0.4 is 4.74 Å². The number of aliphatic carboxylic acids is 1. The van der Waals surface area contributed by atoms with Gasteiger partial charge in [-0.25, -0.2) is 0 Å². The molecule has 0 aromatic heterocycles. The highest BCUT2D eigenvalue weighted by Gasteiger charge is 2.48. The molecular weight excluding hydrogens is 392 g/mol. The molecule has 2 bridgehead atoms. The van der Waals surface area contributed by atoms with Crippen LogP contribution in [0.3, 0.4) is 0 Å². The number of carboxylic acid groups (broad SMARTS) is 1. The van der Waals surface area contributed by atoms with Crippen LogP contribution in [0.4, 0.5) is 0 Å². The van der Waals surface area contributed by atoms with Crippen molar-refractivity contribution >= 4 is 5.97 Å². The van der Waals surface area contributed by atoms with Gasteiger partial charge in [-0.15, -0.1) is 0 Å². The lowest BCUT2D eigenvalue weighted by atomic mass is 9.75. The molecule has 4 atom stereocenters. The molecule has 0 unspecified atom stereocenters. The van der Waals surface area contributed by atoms with Crippen LogP contribution in [0.5, 0.6) is 5.75 Å². The van der Waals surface area contributed by atoms with E-state index in [9.17, 15) is 4.79 Å². The van der Waals surface area contributed by atoms with Gasteiger partial charge in [0.2, 0.25) is 0 Å². The summed E-state index contributed by atoms with van der Waals surface area (Å²) >= 11 is 0. The normalized spacial score (nSPS) is 24.4. The summed E-state index contributed by atoms with van der Waals surface area (Å²) in [6.45, 7) is 1.85. The molecule has 0 spiro atoms. The average Bonchev–Trinajstić information content (AvgIpc) is 3.38. The van der Waals surface area contributed by atoms with Crippen LogP contribution in [-0.4, -0.2) is 36.5 Å². The van der Waals surface area contributed by atoms with E-state index in [1.165, 1.54) is 11.1 Å². The number of carboxylic acids is 1. The average molecular weight is 425 g/mol. The minimum absolute atomic E-state index is 0.135. The second-order valence-electron chi connectivity index (χ2n) is 8.64. The van der Waals surface area contributed by atoms with Crippen LogP contribution in [0, 0.1) is 11.8 Å². The van der Waals surface area contributed by atoms with E-state index in [2.05, 4.69) is 24.3 Å². The van der Waals surface area contributed by atoms with Gasteiger partial charge in [0.15, 0.2) is 0 Å². The maximum Gasteiger partial charge on any atom is 0.303 e. The van der Waals surface area contributed by atoms with E-state index in [0.717, 1.165) is 38.0 Å². The molecule has 2 aromatic rings. The molecule has 5 heteroatoms. The second kappa shape index (κ2) is 10.8. The van der Waals surface area contributed by atoms with Crippen molar-refractivity contribution in [3.05, 3.63) is 65.7 Å². The van der Waals surface area contributed by atoms with Crippen LogP contribution in [0.15, 0.2) is 54.6 Å². The standard InChI is InChI=1S/C26H32O5/c27-26(28)10-5-14-30-21-9-4-8-20(16-21)17-23-22(24-11-12-25(23)31-24)13-15-29-18-19-6-2-1-3-7-19/h1-4,6-9,16,22-25H,5,10-15,17-18H2,(H,27,28)/t22-,23+,24-,25+/m0/s1. The highest BCUT2D eigenvalue weighted by atomic mass is 16.5. The van der Waals surface area contributed by atoms with Gasteiger partial charge in [0.05, 0.1) is 25.4 Å². The van der Waals surface area contributed by atoms with Gasteiger partial charge in [0, 0.05) is 13.0 Å². The summed E-state index contributed by atoms with van der Waals surface area (Å²) in [5.41, 5.74) is 2.47. The largest absolute Gasteiger partial charge is 0.494 e. The first kappa shape index (κ1) is 21.8. The molecule has 2 aromatic carbocycles. The Kier molecular flexibility index (Phi) is 7.60. The van der Waals surface area contributed by atoms with Crippen molar-refractivity contribution in [3.63, 3.8) is 0 Å². The summed E-state index contributed by atoms with van der Waals surface area (Å²) in [5.74, 6) is 1.08. The van der Waals surface area contributed by atoms with Crippen LogP contribution >= 0.6 is 0 Å². The van der Waals surface area contributed by atoms with Gasteiger partial charge in [-0.1, -0.05) is 42.5 Å². The summed E-state index contributed by atoms with van der Waals surface area (Å²) in [6, 6.07) is 18.5. The van der Waals surface area contributed by atoms with Crippen LogP contribution in [0.25, 0.3) is 0 Å². The van der Waals surface area contributed by atoms with Crippen molar-refractivity contribution in [2.75, 3.05) is 13.2 Å². The van der Waals surface area contributed by atoms with Gasteiger partial charge < -0.3 is 19.3 Å². The Morgan fingerprint density at radius 2 is 1.74 bits per heavy atom. The highest BCUT2D eigenvalue weighted by molar-refractivity contribution is 5.66. The molecule has 2 saturated heterocycles. The molecule has 0 radical (unpaired) electrons. The van der Waals surface area contributed by atoms with Gasteiger partial charge in [-0.2, -0.15) is 0 Å². The zero-order chi connectivity index (χ0) is 21.5. The summed E-state index contributed by atoms with van der Waals surface area (Å²) in [6.07, 6.45) is 5.70. The predicted octanol–water partition coefficient (Wildman–Crippen LogP) is 4.87. The maximum absolute atomic E-state index is 10.6. The quantitative estimate of drug-likeness (QED) is 0.492. The third kappa shape index (κ3) is 6.08. The topological polar surface area (TPSA) is 65.0 Å². The van der Waals surface area contributed by atoms with E-state index >= 15 is 0 Å². The lowest BCUT2D eigenvalue weighted by Gasteiger charge is -2.28. The Labute approximate surface area is 184 Å². The fourth-order valence-electron chi connectivity index (χ4n) is 4.98. The third-order valence-electron chi connectivity index (χ3n) is 6.47. The first-order valence-corrected chi connectivity index (χ1v) is 11.4. The Morgan fingerprint density at radius 3 is 2.55 bits per heavy atom. The van der Waals surface area contributed by atoms with Gasteiger partial charge >= 0.3 is 5.97 Å². The van der Waals surface area contributed by atoms with Crippen LogP contribution in [0.2, 0.25) is 0 Å². The number of fused-ring (bicyclic) bond motifs is 2. The smallest absolute Gasteiger partial charge is 0.303 e. The fraction of sp³-hybridized carbons (Fsp3) is 0.500. The second-order valence-corrected chi connectivity index (χ2v) is 8.64. The molecule has 4 rings (SSSR count). The van der Waals surface area contributed by atoms with Crippen molar-refractivity contribution in [1.29, 1.82) is 0 Å². The summed E-state index contributed by atoms with van der Waals surface area (Å²) in [5, 5.41) is 8.75. The van der Waals surface area contributed by atoms with Gasteiger partial charge in [-0.05, 0) is 67.2 Å². The molecule has 2 aliphatic heterocycles. The highest BCUT2D eigenvalue weighted by Crippen LogP contribution is 2.46. The van der Waals surface area contributed by atoms with Crippen LogP contribution in [0.1, 0.15) is 43.2 Å². The van der Waals surface area contributed by atoms with Gasteiger partial charge in [0.1, 0.15) is 5.75 Å². The Morgan fingerprint density at radius 1 is 0.968 bits per heavy atom. The summed E-state index contributed by atoms with van der Waals surface area (Å²) in [7, 11) is 0. The predicted molar refractivity (Wildman–Crippen MR) is 118 cm³/mol. The van der Waals surface area contributed by atoms with E-state index < -0.39 is 5.97 Å². The lowest BCUT2D eigenvalue weighted by molar-refractivity contribution is -0.137. The molecule has 2 fully saturated rings. The maximum atomic E-state index is 10.6. The molecular formula is C26H32O5. The van der Waals surface area contributed by atoms with Crippen molar-refractivity contribution in [1.82, 2.24) is 0 Å². The van der Waals surface area contributed by atoms with Crippen molar-refractivity contribution < 1.29 is 24.1 Å². The molecule has 0 amide bonds. The third-order valence-corrected chi connectivity index (χ3v) is 6.47. The zero-order valence-electron chi connectivity index (χ0n) is 17.9. The molecule has 2 aliphatic rings. The van der Waals surface area contributed by atoms with E-state index in [0.29, 0.717) is 43.7 Å². The number of hydrogen-bond donors (Lipinski definition) is 1. The van der Waals surface area contributed by atoms with Gasteiger partial charge in [-0.3, -0.25) is 4.79 Å². The number of ether oxygens (including phenoxy) is 3. The molecule has 1 N–H and O–H groups in total. The van der Waals surface area contributed by atoms with Crippen molar-refractivity contribution in [3.8, 4) is 5.75 Å². The van der Waals surface area contributed by atoms with E-state index in [-0.39, 0.29) is 6.42 Å². The van der Waals surface area contributed by atoms with Crippen molar-refractivity contribution in [2.45, 2.75) is 57.3 Å². The minimum Gasteiger partial charge on any atom is -0.494 e. The molecule has 166 valence electrons. The van der Waals surface area contributed by atoms with E-state index in [4.69, 9.17) is 19.3 Å². The van der Waals surface area contributed by atoms with Gasteiger partial charge in [0.25, 0.3) is 0 Å². The first-order valence-electron chi connectivity index (χ1n) is 11.4. The number of carbonyl (C=O) groups is 1. The molecule has 31 heavy (non-hydrogen) atoms. The zero-order valence-corrected chi connectivity index (χ0v) is 17.9. The van der Waals surface area contributed by atoms with Crippen molar-refractivity contribution in [2.24, 2.45) is 11.8 Å². The molecule has 0 aliphatic carbocycles. The number of hydrogen-bond acceptors (Lipinski definition) is 4. The Bertz CT molecular complexity index is 837. The fourth-order valence-corrected chi connectivity index (χ4v) is 4.98. The van der Waals surface area contributed by atoms with E-state index in [1.54, 1.807) is 0 Å². The molecule has 0 saturated carbocycles. The SMILES string of the molecule is O=C(O)CCCOc1cccc(C[C@@H]2[C@H](CCOCc3ccccc3)[C@@H]3CC[C@H]2O3)c1. The number of rotatable bonds is 12. The molecule has 2 heterocycles. The molecule has 5 nitrogen and oxygen atoms in total. The monoisotopic (exact) mass is 424 g/mol. The summed E-state index contributed by atoms with van der Waals surface area (Å²) in [4.78, 5) is 10.6. The lowest BCUT2D eigenvalue weighted by Crippen LogP contribution is -2.29. The minimum atomic E-state index is -0.785. The van der Waals surface area contributed by atoms with E-state index in [1.807, 2.05) is 30.3 Å². The van der Waals surface area contributed by atoms with Crippen LogP contribution in [-0.2, 0) is 27.3 Å². The first-order chi connectivity index (χ1) is 15.2. The summed E-state index contributed by atoms with van der Waals surface area (Å²) < 4.78 is 18.0. The number of benzene rings is 2. The Hall–Kier alpha value is -2.37. The Balaban J connectivity index is 1.28.